The zero-order chi connectivity index (χ0) is 17.2. The first-order chi connectivity index (χ1) is 11.5. The molecule has 9 heteroatoms. The van der Waals surface area contributed by atoms with E-state index in [9.17, 15) is 13.2 Å². The number of thiophene rings is 1. The number of rotatable bonds is 5. The molecule has 0 aliphatic carbocycles. The molecule has 7 nitrogen and oxygen atoms in total. The van der Waals surface area contributed by atoms with Crippen molar-refractivity contribution in [3.63, 3.8) is 0 Å². The first-order valence-corrected chi connectivity index (χ1v) is 10.3. The molecular formula is C15H22N2O5S2. The van der Waals surface area contributed by atoms with Crippen LogP contribution in [-0.2, 0) is 24.3 Å². The Hall–Kier alpha value is -1.00. The van der Waals surface area contributed by atoms with Crippen molar-refractivity contribution in [3.05, 3.63) is 17.5 Å². The van der Waals surface area contributed by atoms with E-state index in [-0.39, 0.29) is 23.0 Å². The Morgan fingerprint density at radius 3 is 2.58 bits per heavy atom. The van der Waals surface area contributed by atoms with Crippen molar-refractivity contribution in [2.24, 2.45) is 5.92 Å². The maximum absolute atomic E-state index is 12.4. The highest BCUT2D eigenvalue weighted by Gasteiger charge is 2.33. The van der Waals surface area contributed by atoms with Gasteiger partial charge >= 0.3 is 0 Å². The lowest BCUT2D eigenvalue weighted by molar-refractivity contribution is -0.136. The molecule has 1 aromatic heterocycles. The monoisotopic (exact) mass is 374 g/mol. The molecule has 0 bridgehead atoms. The van der Waals surface area contributed by atoms with Crippen LogP contribution in [-0.4, -0.2) is 69.7 Å². The van der Waals surface area contributed by atoms with E-state index < -0.39 is 10.0 Å². The molecule has 0 aromatic carbocycles. The van der Waals surface area contributed by atoms with Gasteiger partial charge in [0, 0.05) is 26.1 Å². The average molecular weight is 374 g/mol. The smallest absolute Gasteiger partial charge is 0.252 e. The number of hydrogen-bond donors (Lipinski definition) is 0. The third-order valence-electron chi connectivity index (χ3n) is 4.44. The largest absolute Gasteiger partial charge is 0.350 e. The number of amides is 1. The highest BCUT2D eigenvalue weighted by Crippen LogP contribution is 2.26. The second kappa shape index (κ2) is 7.49. The summed E-state index contributed by atoms with van der Waals surface area (Å²) in [5.74, 6) is 0.147. The second-order valence-electron chi connectivity index (χ2n) is 6.02. The van der Waals surface area contributed by atoms with Gasteiger partial charge in [0.05, 0.1) is 19.8 Å². The van der Waals surface area contributed by atoms with E-state index in [4.69, 9.17) is 9.47 Å². The van der Waals surface area contributed by atoms with Gasteiger partial charge in [-0.1, -0.05) is 6.07 Å². The topological polar surface area (TPSA) is 76.2 Å². The average Bonchev–Trinajstić information content (AvgIpc) is 3.28. The first kappa shape index (κ1) is 17.8. The Bertz CT molecular complexity index is 647. The van der Waals surface area contributed by atoms with Gasteiger partial charge in [0.25, 0.3) is 10.0 Å². The van der Waals surface area contributed by atoms with Gasteiger partial charge in [-0.25, -0.2) is 8.42 Å². The fourth-order valence-corrected chi connectivity index (χ4v) is 5.33. The molecule has 2 saturated heterocycles. The molecule has 0 atom stereocenters. The number of nitrogens with zero attached hydrogens (tertiary/aromatic N) is 2. The van der Waals surface area contributed by atoms with Crippen LogP contribution < -0.4 is 0 Å². The van der Waals surface area contributed by atoms with E-state index in [0.29, 0.717) is 32.2 Å². The summed E-state index contributed by atoms with van der Waals surface area (Å²) in [7, 11) is -2.14. The molecule has 0 N–H and O–H groups in total. The second-order valence-corrected chi connectivity index (χ2v) is 9.24. The Morgan fingerprint density at radius 2 is 2.00 bits per heavy atom. The zero-order valence-electron chi connectivity index (χ0n) is 13.6. The molecular weight excluding hydrogens is 352 g/mol. The Kier molecular flexibility index (Phi) is 5.56. The van der Waals surface area contributed by atoms with Crippen molar-refractivity contribution >= 4 is 27.3 Å². The summed E-state index contributed by atoms with van der Waals surface area (Å²) in [5, 5.41) is 1.71. The molecule has 134 valence electrons. The number of likely N-dealkylation sites (N-methyl/N-ethyl adjacent to an activating group) is 1. The molecule has 1 amide bonds. The standard InChI is InChI=1S/C15H22N2O5S2/c1-16(24(19,20)14-3-2-10-23-14)11-13(18)17-6-4-12(5-7-17)15-21-8-9-22-15/h2-3,10,12,15H,4-9,11H2,1H3. The number of carbonyl (C=O) groups excluding carboxylic acids is 1. The highest BCUT2D eigenvalue weighted by molar-refractivity contribution is 7.91. The van der Waals surface area contributed by atoms with Crippen molar-refractivity contribution in [2.45, 2.75) is 23.3 Å². The van der Waals surface area contributed by atoms with Crippen LogP contribution in [0.5, 0.6) is 0 Å². The highest BCUT2D eigenvalue weighted by atomic mass is 32.2. The number of sulfonamides is 1. The fourth-order valence-electron chi connectivity index (χ4n) is 3.01. The quantitative estimate of drug-likeness (QED) is 0.768. The molecule has 2 fully saturated rings. The predicted molar refractivity (Wildman–Crippen MR) is 89.1 cm³/mol. The van der Waals surface area contributed by atoms with Gasteiger partial charge in [0.15, 0.2) is 6.29 Å². The maximum Gasteiger partial charge on any atom is 0.252 e. The molecule has 24 heavy (non-hydrogen) atoms. The lowest BCUT2D eigenvalue weighted by atomic mass is 9.96. The van der Waals surface area contributed by atoms with Crippen molar-refractivity contribution in [3.8, 4) is 0 Å². The van der Waals surface area contributed by atoms with E-state index in [1.54, 1.807) is 22.4 Å². The Balaban J connectivity index is 1.52. The molecule has 3 rings (SSSR count). The molecule has 2 aliphatic rings. The van der Waals surface area contributed by atoms with Crippen LogP contribution in [0.2, 0.25) is 0 Å². The van der Waals surface area contributed by atoms with E-state index in [0.717, 1.165) is 28.5 Å². The third-order valence-corrected chi connectivity index (χ3v) is 7.62. The number of likely N-dealkylation sites (tertiary alicyclic amines) is 1. The molecule has 0 radical (unpaired) electrons. The van der Waals surface area contributed by atoms with Gasteiger partial charge < -0.3 is 14.4 Å². The lowest BCUT2D eigenvalue weighted by Crippen LogP contribution is -2.46. The lowest BCUT2D eigenvalue weighted by Gasteiger charge is -2.34. The number of hydrogen-bond acceptors (Lipinski definition) is 6. The van der Waals surface area contributed by atoms with Crippen LogP contribution in [0.1, 0.15) is 12.8 Å². The molecule has 0 saturated carbocycles. The summed E-state index contributed by atoms with van der Waals surface area (Å²) in [6.45, 7) is 2.35. The summed E-state index contributed by atoms with van der Waals surface area (Å²) >= 11 is 1.15. The van der Waals surface area contributed by atoms with Crippen molar-refractivity contribution < 1.29 is 22.7 Å². The Labute approximate surface area is 146 Å². The summed E-state index contributed by atoms with van der Waals surface area (Å²) < 4.78 is 37.2. The minimum absolute atomic E-state index is 0.138. The minimum atomic E-state index is -3.59. The van der Waals surface area contributed by atoms with Crippen LogP contribution in [0.25, 0.3) is 0 Å². The molecule has 1 aromatic rings. The van der Waals surface area contributed by atoms with Gasteiger partial charge in [0.1, 0.15) is 4.21 Å². The normalized spacial score (nSPS) is 20.8. The van der Waals surface area contributed by atoms with Gasteiger partial charge in [-0.05, 0) is 24.3 Å². The van der Waals surface area contributed by atoms with Gasteiger partial charge in [-0.15, -0.1) is 11.3 Å². The van der Waals surface area contributed by atoms with Crippen LogP contribution in [0, 0.1) is 5.92 Å². The predicted octanol–water partition coefficient (Wildman–Crippen LogP) is 0.980. The number of piperidine rings is 1. The van der Waals surface area contributed by atoms with Gasteiger partial charge in [0.2, 0.25) is 5.91 Å². The third kappa shape index (κ3) is 3.80. The SMILES string of the molecule is CN(CC(=O)N1CCC(C2OCCO2)CC1)S(=O)(=O)c1cccs1. The molecule has 0 unspecified atom stereocenters. The van der Waals surface area contributed by atoms with Crippen molar-refractivity contribution in [1.82, 2.24) is 9.21 Å². The van der Waals surface area contributed by atoms with Crippen molar-refractivity contribution in [2.75, 3.05) is 39.9 Å². The first-order valence-electron chi connectivity index (χ1n) is 7.99. The van der Waals surface area contributed by atoms with Gasteiger partial charge in [-0.2, -0.15) is 4.31 Å². The maximum atomic E-state index is 12.4. The van der Waals surface area contributed by atoms with Crippen LogP contribution >= 0.6 is 11.3 Å². The molecule has 0 spiro atoms. The van der Waals surface area contributed by atoms with Crippen LogP contribution in [0.3, 0.4) is 0 Å². The molecule has 2 aliphatic heterocycles. The summed E-state index contributed by atoms with van der Waals surface area (Å²) in [6.07, 6.45) is 1.49. The molecule has 3 heterocycles. The van der Waals surface area contributed by atoms with E-state index in [1.807, 2.05) is 0 Å². The van der Waals surface area contributed by atoms with Crippen LogP contribution in [0.15, 0.2) is 21.7 Å². The van der Waals surface area contributed by atoms with E-state index in [1.165, 1.54) is 7.05 Å². The zero-order valence-corrected chi connectivity index (χ0v) is 15.2. The summed E-state index contributed by atoms with van der Waals surface area (Å²) in [4.78, 5) is 14.1. The van der Waals surface area contributed by atoms with Crippen molar-refractivity contribution in [1.29, 1.82) is 0 Å². The van der Waals surface area contributed by atoms with Crippen LogP contribution in [0.4, 0.5) is 0 Å². The Morgan fingerprint density at radius 1 is 1.33 bits per heavy atom. The number of carbonyl (C=O) groups is 1. The fraction of sp³-hybridized carbons (Fsp3) is 0.667. The van der Waals surface area contributed by atoms with E-state index in [2.05, 4.69) is 0 Å². The van der Waals surface area contributed by atoms with Gasteiger partial charge in [-0.3, -0.25) is 4.79 Å². The summed E-state index contributed by atoms with van der Waals surface area (Å²) in [5.41, 5.74) is 0. The number of ether oxygens (including phenoxy) is 2. The van der Waals surface area contributed by atoms with E-state index >= 15 is 0 Å². The summed E-state index contributed by atoms with van der Waals surface area (Å²) in [6, 6.07) is 3.24. The minimum Gasteiger partial charge on any atom is -0.350 e.